The van der Waals surface area contributed by atoms with Gasteiger partial charge in [-0.25, -0.2) is 9.78 Å². The van der Waals surface area contributed by atoms with Crippen molar-refractivity contribution < 1.29 is 23.5 Å². The Morgan fingerprint density at radius 2 is 1.90 bits per heavy atom. The summed E-state index contributed by atoms with van der Waals surface area (Å²) < 4.78 is 16.6. The quantitative estimate of drug-likeness (QED) is 0.376. The van der Waals surface area contributed by atoms with E-state index in [9.17, 15) is 9.59 Å². The molecule has 0 aliphatic rings. The predicted octanol–water partition coefficient (Wildman–Crippen LogP) is 3.49. The number of carbonyl (C=O) groups is 2. The first-order chi connectivity index (χ1) is 15.1. The molecule has 2 aromatic carbocycles. The molecular formula is C24H26N2O5. The van der Waals surface area contributed by atoms with Crippen LogP contribution in [0.25, 0.3) is 11.5 Å². The van der Waals surface area contributed by atoms with Crippen molar-refractivity contribution in [3.63, 3.8) is 0 Å². The largest absolute Gasteiger partial charge is 0.493 e. The van der Waals surface area contributed by atoms with Crippen LogP contribution in [0.15, 0.2) is 59.0 Å². The van der Waals surface area contributed by atoms with Gasteiger partial charge in [0.1, 0.15) is 17.6 Å². The lowest BCUT2D eigenvalue weighted by Gasteiger charge is -2.15. The molecule has 1 unspecified atom stereocenters. The number of carbonyl (C=O) groups excluding carboxylic acids is 2. The number of rotatable bonds is 11. The van der Waals surface area contributed by atoms with E-state index in [-0.39, 0.29) is 6.61 Å². The molecule has 3 aromatic rings. The van der Waals surface area contributed by atoms with Crippen molar-refractivity contribution in [3.05, 3.63) is 71.6 Å². The monoisotopic (exact) mass is 422 g/mol. The summed E-state index contributed by atoms with van der Waals surface area (Å²) in [5.41, 5.74) is 2.70. The van der Waals surface area contributed by atoms with E-state index in [2.05, 4.69) is 10.3 Å². The molecule has 0 saturated heterocycles. The molecule has 1 atom stereocenters. The fraction of sp³-hybridized carbons (Fsp3) is 0.292. The Hall–Kier alpha value is -3.61. The molecule has 1 aromatic heterocycles. The number of benzene rings is 2. The number of hydrogen-bond donors (Lipinski definition) is 1. The summed E-state index contributed by atoms with van der Waals surface area (Å²) >= 11 is 0. The molecule has 0 fully saturated rings. The fourth-order valence-corrected chi connectivity index (χ4v) is 3.12. The first-order valence-electron chi connectivity index (χ1n) is 10.2. The standard InChI is InChI=1S/C24H26N2O5/c1-3-29-24(28)22(25-16-27)15-18-9-11-20(12-10-18)30-14-13-21-17(2)31-23(26-21)19-7-5-4-6-8-19/h4-12,16,22H,3,13-15H2,1-2H3,(H,25,27). The van der Waals surface area contributed by atoms with Gasteiger partial charge in [0.2, 0.25) is 12.3 Å². The average molecular weight is 422 g/mol. The minimum absolute atomic E-state index is 0.264. The van der Waals surface area contributed by atoms with Crippen LogP contribution in [0.1, 0.15) is 23.9 Å². The molecule has 31 heavy (non-hydrogen) atoms. The van der Waals surface area contributed by atoms with Crippen molar-refractivity contribution >= 4 is 12.4 Å². The van der Waals surface area contributed by atoms with Crippen molar-refractivity contribution in [2.24, 2.45) is 0 Å². The van der Waals surface area contributed by atoms with Crippen molar-refractivity contribution in [1.82, 2.24) is 10.3 Å². The zero-order valence-electron chi connectivity index (χ0n) is 17.7. The zero-order valence-corrected chi connectivity index (χ0v) is 17.7. The van der Waals surface area contributed by atoms with Crippen molar-refractivity contribution in [2.75, 3.05) is 13.2 Å². The summed E-state index contributed by atoms with van der Waals surface area (Å²) in [6, 6.07) is 16.5. The van der Waals surface area contributed by atoms with Crippen LogP contribution in [0.3, 0.4) is 0 Å². The molecule has 0 radical (unpaired) electrons. The highest BCUT2D eigenvalue weighted by Gasteiger charge is 2.19. The summed E-state index contributed by atoms with van der Waals surface area (Å²) in [5.74, 6) is 1.65. The number of hydrogen-bond acceptors (Lipinski definition) is 6. The second-order valence-electron chi connectivity index (χ2n) is 6.92. The molecule has 0 saturated carbocycles. The molecule has 0 aliphatic heterocycles. The van der Waals surface area contributed by atoms with Gasteiger partial charge >= 0.3 is 5.97 Å². The summed E-state index contributed by atoms with van der Waals surface area (Å²) in [6.45, 7) is 4.35. The highest BCUT2D eigenvalue weighted by molar-refractivity contribution is 5.78. The van der Waals surface area contributed by atoms with E-state index in [1.165, 1.54) is 0 Å². The van der Waals surface area contributed by atoms with Gasteiger partial charge in [-0.1, -0.05) is 30.3 Å². The van der Waals surface area contributed by atoms with Gasteiger partial charge in [-0.2, -0.15) is 0 Å². The third-order valence-corrected chi connectivity index (χ3v) is 4.72. The van der Waals surface area contributed by atoms with E-state index in [0.717, 1.165) is 22.6 Å². The van der Waals surface area contributed by atoms with Gasteiger partial charge < -0.3 is 19.2 Å². The molecule has 0 bridgehead atoms. The Bertz CT molecular complexity index is 983. The van der Waals surface area contributed by atoms with Crippen LogP contribution < -0.4 is 10.1 Å². The predicted molar refractivity (Wildman–Crippen MR) is 116 cm³/mol. The summed E-state index contributed by atoms with van der Waals surface area (Å²) in [6.07, 6.45) is 1.48. The molecule has 1 N–H and O–H groups in total. The summed E-state index contributed by atoms with van der Waals surface area (Å²) in [4.78, 5) is 27.3. The molecule has 0 aliphatic carbocycles. The Balaban J connectivity index is 1.53. The van der Waals surface area contributed by atoms with Gasteiger partial charge in [0, 0.05) is 18.4 Å². The van der Waals surface area contributed by atoms with E-state index in [1.54, 1.807) is 6.92 Å². The van der Waals surface area contributed by atoms with Gasteiger partial charge in [-0.3, -0.25) is 4.79 Å². The lowest BCUT2D eigenvalue weighted by atomic mass is 10.1. The van der Waals surface area contributed by atoms with Crippen molar-refractivity contribution in [2.45, 2.75) is 32.7 Å². The summed E-state index contributed by atoms with van der Waals surface area (Å²) in [5, 5.41) is 2.50. The number of ether oxygens (including phenoxy) is 2. The van der Waals surface area contributed by atoms with Crippen LogP contribution in [0, 0.1) is 6.92 Å². The SMILES string of the molecule is CCOC(=O)C(Cc1ccc(OCCc2nc(-c3ccccc3)oc2C)cc1)NC=O. The van der Waals surface area contributed by atoms with E-state index < -0.39 is 12.0 Å². The Kier molecular flexibility index (Phi) is 7.81. The Morgan fingerprint density at radius 1 is 1.16 bits per heavy atom. The van der Waals surface area contributed by atoms with Crippen LogP contribution >= 0.6 is 0 Å². The van der Waals surface area contributed by atoms with Gasteiger partial charge in [-0.05, 0) is 43.7 Å². The van der Waals surface area contributed by atoms with Gasteiger partial charge in [0.15, 0.2) is 0 Å². The van der Waals surface area contributed by atoms with Crippen LogP contribution in [-0.4, -0.2) is 36.6 Å². The number of esters is 1. The molecule has 1 heterocycles. The summed E-state index contributed by atoms with van der Waals surface area (Å²) in [7, 11) is 0. The number of aryl methyl sites for hydroxylation is 1. The van der Waals surface area contributed by atoms with E-state index >= 15 is 0 Å². The number of nitrogens with one attached hydrogen (secondary N) is 1. The highest BCUT2D eigenvalue weighted by atomic mass is 16.5. The van der Waals surface area contributed by atoms with Gasteiger partial charge in [0.25, 0.3) is 0 Å². The van der Waals surface area contributed by atoms with E-state index in [0.29, 0.717) is 37.5 Å². The first-order valence-corrected chi connectivity index (χ1v) is 10.2. The van der Waals surface area contributed by atoms with Crippen LogP contribution in [0.2, 0.25) is 0 Å². The normalized spacial score (nSPS) is 11.5. The maximum Gasteiger partial charge on any atom is 0.328 e. The van der Waals surface area contributed by atoms with Crippen LogP contribution in [0.4, 0.5) is 0 Å². The van der Waals surface area contributed by atoms with E-state index in [4.69, 9.17) is 13.9 Å². The molecule has 7 heteroatoms. The second kappa shape index (κ2) is 11.0. The number of nitrogens with zero attached hydrogens (tertiary/aromatic N) is 1. The van der Waals surface area contributed by atoms with Gasteiger partial charge in [0.05, 0.1) is 18.9 Å². The van der Waals surface area contributed by atoms with Crippen molar-refractivity contribution in [3.8, 4) is 17.2 Å². The molecular weight excluding hydrogens is 396 g/mol. The lowest BCUT2D eigenvalue weighted by molar-refractivity contribution is -0.146. The maximum absolute atomic E-state index is 11.9. The smallest absolute Gasteiger partial charge is 0.328 e. The van der Waals surface area contributed by atoms with Crippen LogP contribution in [0.5, 0.6) is 5.75 Å². The minimum atomic E-state index is -0.710. The first kappa shape index (κ1) is 22.1. The second-order valence-corrected chi connectivity index (χ2v) is 6.92. The lowest BCUT2D eigenvalue weighted by Crippen LogP contribution is -2.39. The maximum atomic E-state index is 11.9. The molecule has 3 rings (SSSR count). The van der Waals surface area contributed by atoms with Crippen LogP contribution in [-0.2, 0) is 27.2 Å². The highest BCUT2D eigenvalue weighted by Crippen LogP contribution is 2.22. The molecule has 162 valence electrons. The third kappa shape index (κ3) is 6.18. The number of aromatic nitrogens is 1. The molecule has 0 spiro atoms. The Labute approximate surface area is 181 Å². The molecule has 7 nitrogen and oxygen atoms in total. The zero-order chi connectivity index (χ0) is 22.1. The molecule has 1 amide bonds. The fourth-order valence-electron chi connectivity index (χ4n) is 3.12. The van der Waals surface area contributed by atoms with E-state index in [1.807, 2.05) is 61.5 Å². The average Bonchev–Trinajstić information content (AvgIpc) is 3.16. The van der Waals surface area contributed by atoms with Crippen molar-refractivity contribution in [1.29, 1.82) is 0 Å². The topological polar surface area (TPSA) is 90.7 Å². The minimum Gasteiger partial charge on any atom is -0.493 e. The van der Waals surface area contributed by atoms with Gasteiger partial charge in [-0.15, -0.1) is 0 Å². The number of oxazole rings is 1. The third-order valence-electron chi connectivity index (χ3n) is 4.72. The Morgan fingerprint density at radius 3 is 2.58 bits per heavy atom. The number of amides is 1.